The molecule has 0 aliphatic carbocycles. The maximum atomic E-state index is 11.5. The van der Waals surface area contributed by atoms with E-state index in [1.54, 1.807) is 24.3 Å². The third-order valence-electron chi connectivity index (χ3n) is 2.31. The Bertz CT molecular complexity index is 398. The molecule has 0 heterocycles. The lowest BCUT2D eigenvalue weighted by Gasteiger charge is -2.12. The zero-order valence-electron chi connectivity index (χ0n) is 10.4. The number of Topliss-reactive ketones (excluding diaryl/α,β-unsaturated/α-hetero) is 1. The summed E-state index contributed by atoms with van der Waals surface area (Å²) < 4.78 is 15.1. The van der Waals surface area contributed by atoms with Crippen LogP contribution in [0.2, 0.25) is 0 Å². The summed E-state index contributed by atoms with van der Waals surface area (Å²) in [4.78, 5) is 22.1. The molecule has 0 spiro atoms. The summed E-state index contributed by atoms with van der Waals surface area (Å²) in [6.07, 6.45) is 0.295. The molecule has 18 heavy (non-hydrogen) atoms. The maximum absolute atomic E-state index is 11.5. The molecule has 0 N–H and O–H groups in total. The van der Waals surface area contributed by atoms with E-state index in [-0.39, 0.29) is 18.8 Å². The van der Waals surface area contributed by atoms with Crippen molar-refractivity contribution in [3.63, 3.8) is 0 Å². The number of hydrogen-bond donors (Lipinski definition) is 0. The zero-order valence-corrected chi connectivity index (χ0v) is 10.4. The van der Waals surface area contributed by atoms with E-state index < -0.39 is 6.29 Å². The van der Waals surface area contributed by atoms with E-state index >= 15 is 0 Å². The molecule has 0 aliphatic rings. The van der Waals surface area contributed by atoms with Crippen molar-refractivity contribution >= 4 is 12.1 Å². The monoisotopic (exact) mass is 252 g/mol. The van der Waals surface area contributed by atoms with Gasteiger partial charge in [-0.2, -0.15) is 0 Å². The summed E-state index contributed by atoms with van der Waals surface area (Å²) in [5, 5.41) is 0. The third kappa shape index (κ3) is 4.65. The molecule has 0 unspecified atom stereocenters. The number of methoxy groups -OCH3 is 2. The van der Waals surface area contributed by atoms with Crippen LogP contribution in [0.25, 0.3) is 0 Å². The molecule has 0 fully saturated rings. The first-order chi connectivity index (χ1) is 8.69. The highest BCUT2D eigenvalue weighted by Crippen LogP contribution is 2.12. The lowest BCUT2D eigenvalue weighted by atomic mass is 10.2. The number of carbonyl (C=O) groups is 2. The number of ketones is 1. The van der Waals surface area contributed by atoms with E-state index in [2.05, 4.69) is 0 Å². The van der Waals surface area contributed by atoms with Crippen LogP contribution in [0.3, 0.4) is 0 Å². The molecule has 1 aromatic carbocycles. The Kier molecular flexibility index (Phi) is 6.04. The number of ether oxygens (including phenoxy) is 3. The highest BCUT2D eigenvalue weighted by atomic mass is 16.7. The van der Waals surface area contributed by atoms with E-state index in [4.69, 9.17) is 14.2 Å². The molecular weight excluding hydrogens is 236 g/mol. The van der Waals surface area contributed by atoms with Gasteiger partial charge in [-0.3, -0.25) is 9.59 Å². The van der Waals surface area contributed by atoms with Gasteiger partial charge in [-0.15, -0.1) is 0 Å². The van der Waals surface area contributed by atoms with E-state index in [0.29, 0.717) is 11.3 Å². The van der Waals surface area contributed by atoms with Gasteiger partial charge in [-0.05, 0) is 12.1 Å². The Labute approximate surface area is 106 Å². The first-order valence-corrected chi connectivity index (χ1v) is 5.45. The van der Waals surface area contributed by atoms with E-state index in [1.165, 1.54) is 14.2 Å². The van der Waals surface area contributed by atoms with Crippen LogP contribution in [-0.2, 0) is 14.3 Å². The van der Waals surface area contributed by atoms with Gasteiger partial charge in [0.15, 0.2) is 12.1 Å². The molecule has 0 bridgehead atoms. The van der Waals surface area contributed by atoms with Crippen molar-refractivity contribution in [1.29, 1.82) is 0 Å². The van der Waals surface area contributed by atoms with Crippen LogP contribution in [0, 0.1) is 0 Å². The summed E-state index contributed by atoms with van der Waals surface area (Å²) in [7, 11) is 2.94. The summed E-state index contributed by atoms with van der Waals surface area (Å²) in [5.41, 5.74) is 0.506. The van der Waals surface area contributed by atoms with Gasteiger partial charge in [0.1, 0.15) is 18.6 Å². The van der Waals surface area contributed by atoms with Gasteiger partial charge in [0.25, 0.3) is 0 Å². The smallest absolute Gasteiger partial charge is 0.175 e. The molecule has 0 saturated carbocycles. The predicted octanol–water partition coefficient (Wildman–Crippen LogP) is 1.46. The van der Waals surface area contributed by atoms with Crippen LogP contribution in [-0.4, -0.2) is 39.2 Å². The molecule has 0 atom stereocenters. The minimum absolute atomic E-state index is 0.0778. The second-order valence-electron chi connectivity index (χ2n) is 3.62. The molecule has 0 saturated heterocycles. The summed E-state index contributed by atoms with van der Waals surface area (Å²) >= 11 is 0. The van der Waals surface area contributed by atoms with Crippen molar-refractivity contribution in [2.75, 3.05) is 20.8 Å². The van der Waals surface area contributed by atoms with E-state index in [1.807, 2.05) is 0 Å². The van der Waals surface area contributed by atoms with Crippen molar-refractivity contribution in [3.05, 3.63) is 29.8 Å². The normalized spacial score (nSPS) is 10.4. The van der Waals surface area contributed by atoms with E-state index in [9.17, 15) is 9.59 Å². The van der Waals surface area contributed by atoms with Gasteiger partial charge < -0.3 is 14.2 Å². The largest absolute Gasteiger partial charge is 0.486 e. The van der Waals surface area contributed by atoms with Crippen LogP contribution in [0.1, 0.15) is 16.8 Å². The average Bonchev–Trinajstić information content (AvgIpc) is 2.42. The van der Waals surface area contributed by atoms with Crippen molar-refractivity contribution in [3.8, 4) is 5.75 Å². The minimum atomic E-state index is -0.553. The molecule has 5 heteroatoms. The molecule has 0 radical (unpaired) electrons. The second kappa shape index (κ2) is 7.58. The number of aldehydes is 1. The number of carbonyl (C=O) groups excluding carboxylic acids is 2. The quantitative estimate of drug-likeness (QED) is 0.517. The molecule has 0 aromatic heterocycles. The second-order valence-corrected chi connectivity index (χ2v) is 3.62. The first-order valence-electron chi connectivity index (χ1n) is 5.45. The van der Waals surface area contributed by atoms with Crippen LogP contribution in [0.5, 0.6) is 5.75 Å². The van der Waals surface area contributed by atoms with Gasteiger partial charge in [0.2, 0.25) is 0 Å². The van der Waals surface area contributed by atoms with Gasteiger partial charge in [0.05, 0.1) is 6.42 Å². The SMILES string of the molecule is COC(CC(=O)COc1cccc(C=O)c1)OC. The Balaban J connectivity index is 2.44. The lowest BCUT2D eigenvalue weighted by Crippen LogP contribution is -2.22. The van der Waals surface area contributed by atoms with Crippen LogP contribution in [0.4, 0.5) is 0 Å². The number of rotatable bonds is 8. The maximum Gasteiger partial charge on any atom is 0.175 e. The Morgan fingerprint density at radius 1 is 1.33 bits per heavy atom. The Hall–Kier alpha value is -1.72. The Morgan fingerprint density at radius 2 is 2.06 bits per heavy atom. The van der Waals surface area contributed by atoms with Gasteiger partial charge in [-0.1, -0.05) is 12.1 Å². The predicted molar refractivity (Wildman–Crippen MR) is 64.8 cm³/mol. The highest BCUT2D eigenvalue weighted by Gasteiger charge is 2.12. The molecule has 5 nitrogen and oxygen atoms in total. The van der Waals surface area contributed by atoms with Crippen molar-refractivity contribution < 1.29 is 23.8 Å². The fourth-order valence-electron chi connectivity index (χ4n) is 1.35. The number of hydrogen-bond acceptors (Lipinski definition) is 5. The van der Waals surface area contributed by atoms with Crippen molar-refractivity contribution in [1.82, 2.24) is 0 Å². The zero-order chi connectivity index (χ0) is 13.4. The van der Waals surface area contributed by atoms with Crippen LogP contribution < -0.4 is 4.74 Å². The van der Waals surface area contributed by atoms with Gasteiger partial charge in [-0.25, -0.2) is 0 Å². The lowest BCUT2D eigenvalue weighted by molar-refractivity contribution is -0.139. The van der Waals surface area contributed by atoms with Crippen molar-refractivity contribution in [2.24, 2.45) is 0 Å². The summed E-state index contributed by atoms with van der Waals surface area (Å²) in [5.74, 6) is 0.347. The minimum Gasteiger partial charge on any atom is -0.486 e. The summed E-state index contributed by atoms with van der Waals surface area (Å²) in [6, 6.07) is 6.61. The molecule has 98 valence electrons. The molecule has 0 aliphatic heterocycles. The van der Waals surface area contributed by atoms with Gasteiger partial charge in [0, 0.05) is 19.8 Å². The van der Waals surface area contributed by atoms with Crippen LogP contribution in [0.15, 0.2) is 24.3 Å². The fraction of sp³-hybridized carbons (Fsp3) is 0.385. The molecule has 1 aromatic rings. The standard InChI is InChI=1S/C13H16O5/c1-16-13(17-2)7-11(15)9-18-12-5-3-4-10(6-12)8-14/h3-6,8,13H,7,9H2,1-2H3. The number of benzene rings is 1. The topological polar surface area (TPSA) is 61.8 Å². The van der Waals surface area contributed by atoms with Crippen molar-refractivity contribution in [2.45, 2.75) is 12.7 Å². The summed E-state index contributed by atoms with van der Waals surface area (Å²) in [6.45, 7) is -0.0778. The van der Waals surface area contributed by atoms with Crippen LogP contribution >= 0.6 is 0 Å². The first kappa shape index (κ1) is 14.3. The Morgan fingerprint density at radius 3 is 2.67 bits per heavy atom. The molecular formula is C13H16O5. The third-order valence-corrected chi connectivity index (χ3v) is 2.31. The molecule has 1 rings (SSSR count). The highest BCUT2D eigenvalue weighted by molar-refractivity contribution is 5.80. The fourth-order valence-corrected chi connectivity index (χ4v) is 1.35. The molecule has 0 amide bonds. The van der Waals surface area contributed by atoms with E-state index in [0.717, 1.165) is 6.29 Å². The van der Waals surface area contributed by atoms with Gasteiger partial charge >= 0.3 is 0 Å². The average molecular weight is 252 g/mol.